The number of nitrogens with one attached hydrogen (secondary N) is 1. The van der Waals surface area contributed by atoms with E-state index in [1.807, 2.05) is 13.8 Å². The molecule has 0 aromatic carbocycles. The maximum atomic E-state index is 11.0. The SMILES string of the molecule is CC.CNC(=O)CCN1CCC(C)CC1. The van der Waals surface area contributed by atoms with Crippen LogP contribution in [0.1, 0.15) is 40.0 Å². The number of nitrogens with zero attached hydrogens (tertiary/aromatic N) is 1. The zero-order valence-electron chi connectivity index (χ0n) is 10.7. The first-order valence-electron chi connectivity index (χ1n) is 6.15. The molecule has 1 saturated heterocycles. The molecule has 1 aliphatic rings. The Morgan fingerprint density at radius 2 is 1.87 bits per heavy atom. The van der Waals surface area contributed by atoms with Crippen molar-refractivity contribution >= 4 is 5.91 Å². The monoisotopic (exact) mass is 214 g/mol. The number of amides is 1. The highest BCUT2D eigenvalue weighted by Crippen LogP contribution is 2.15. The van der Waals surface area contributed by atoms with Gasteiger partial charge in [0.15, 0.2) is 0 Å². The van der Waals surface area contributed by atoms with E-state index in [0.29, 0.717) is 6.42 Å². The van der Waals surface area contributed by atoms with Crippen LogP contribution < -0.4 is 5.32 Å². The van der Waals surface area contributed by atoms with Crippen LogP contribution >= 0.6 is 0 Å². The number of carbonyl (C=O) groups excluding carboxylic acids is 1. The van der Waals surface area contributed by atoms with Crippen molar-refractivity contribution in [3.8, 4) is 0 Å². The minimum atomic E-state index is 0.152. The van der Waals surface area contributed by atoms with Gasteiger partial charge < -0.3 is 10.2 Å². The predicted molar refractivity (Wildman–Crippen MR) is 64.9 cm³/mol. The van der Waals surface area contributed by atoms with Gasteiger partial charge in [0.05, 0.1) is 0 Å². The molecule has 0 saturated carbocycles. The van der Waals surface area contributed by atoms with Crippen LogP contribution in [-0.2, 0) is 4.79 Å². The van der Waals surface area contributed by atoms with Crippen molar-refractivity contribution in [2.75, 3.05) is 26.7 Å². The van der Waals surface area contributed by atoms with Gasteiger partial charge in [-0.15, -0.1) is 0 Å². The van der Waals surface area contributed by atoms with Crippen molar-refractivity contribution in [2.45, 2.75) is 40.0 Å². The lowest BCUT2D eigenvalue weighted by molar-refractivity contribution is -0.121. The van der Waals surface area contributed by atoms with Crippen molar-refractivity contribution in [1.82, 2.24) is 10.2 Å². The van der Waals surface area contributed by atoms with Crippen LogP contribution in [0.3, 0.4) is 0 Å². The molecule has 0 atom stereocenters. The molecule has 1 amide bonds. The molecule has 15 heavy (non-hydrogen) atoms. The molecule has 0 spiro atoms. The van der Waals surface area contributed by atoms with E-state index in [4.69, 9.17) is 0 Å². The third kappa shape index (κ3) is 6.50. The standard InChI is InChI=1S/C10H20N2O.C2H6/c1-9-3-6-12(7-4-9)8-5-10(13)11-2;1-2/h9H,3-8H2,1-2H3,(H,11,13);1-2H3. The average molecular weight is 214 g/mol. The second-order valence-corrected chi connectivity index (χ2v) is 3.95. The first-order chi connectivity index (χ1) is 7.22. The Bertz CT molecular complexity index is 163. The fraction of sp³-hybridized carbons (Fsp3) is 0.917. The van der Waals surface area contributed by atoms with E-state index >= 15 is 0 Å². The average Bonchev–Trinajstić information content (AvgIpc) is 2.30. The summed E-state index contributed by atoms with van der Waals surface area (Å²) in [6.07, 6.45) is 3.21. The minimum Gasteiger partial charge on any atom is -0.359 e. The van der Waals surface area contributed by atoms with Gasteiger partial charge in [-0.2, -0.15) is 0 Å². The van der Waals surface area contributed by atoms with Gasteiger partial charge in [-0.25, -0.2) is 0 Å². The van der Waals surface area contributed by atoms with Gasteiger partial charge in [0, 0.05) is 20.0 Å². The highest BCUT2D eigenvalue weighted by Gasteiger charge is 2.15. The molecule has 0 aromatic heterocycles. The predicted octanol–water partition coefficient (Wildman–Crippen LogP) is 1.88. The highest BCUT2D eigenvalue weighted by molar-refractivity contribution is 5.75. The van der Waals surface area contributed by atoms with Crippen molar-refractivity contribution in [1.29, 1.82) is 0 Å². The first kappa shape index (κ1) is 14.4. The molecule has 90 valence electrons. The third-order valence-electron chi connectivity index (χ3n) is 2.81. The summed E-state index contributed by atoms with van der Waals surface area (Å²) in [5, 5.41) is 2.65. The maximum absolute atomic E-state index is 11.0. The zero-order valence-corrected chi connectivity index (χ0v) is 10.7. The number of piperidine rings is 1. The van der Waals surface area contributed by atoms with Crippen LogP contribution in [0.15, 0.2) is 0 Å². The first-order valence-corrected chi connectivity index (χ1v) is 6.15. The number of carbonyl (C=O) groups is 1. The Morgan fingerprint density at radius 1 is 1.33 bits per heavy atom. The molecule has 1 rings (SSSR count). The van der Waals surface area contributed by atoms with Gasteiger partial charge in [0.25, 0.3) is 0 Å². The smallest absolute Gasteiger partial charge is 0.221 e. The summed E-state index contributed by atoms with van der Waals surface area (Å²) in [7, 11) is 1.70. The Labute approximate surface area is 94.2 Å². The van der Waals surface area contributed by atoms with Gasteiger partial charge in [-0.1, -0.05) is 20.8 Å². The topological polar surface area (TPSA) is 32.3 Å². The van der Waals surface area contributed by atoms with Crippen LogP contribution in [-0.4, -0.2) is 37.5 Å². The largest absolute Gasteiger partial charge is 0.359 e. The fourth-order valence-electron chi connectivity index (χ4n) is 1.67. The van der Waals surface area contributed by atoms with Gasteiger partial charge in [0.2, 0.25) is 5.91 Å². The molecule has 3 nitrogen and oxygen atoms in total. The zero-order chi connectivity index (χ0) is 11.7. The summed E-state index contributed by atoms with van der Waals surface area (Å²) < 4.78 is 0. The lowest BCUT2D eigenvalue weighted by Gasteiger charge is -2.29. The van der Waals surface area contributed by atoms with Crippen LogP contribution in [0.5, 0.6) is 0 Å². The van der Waals surface area contributed by atoms with Gasteiger partial charge in [0.1, 0.15) is 0 Å². The Hall–Kier alpha value is -0.570. The van der Waals surface area contributed by atoms with Crippen molar-refractivity contribution in [2.24, 2.45) is 5.92 Å². The molecule has 1 heterocycles. The second-order valence-electron chi connectivity index (χ2n) is 3.95. The van der Waals surface area contributed by atoms with E-state index in [-0.39, 0.29) is 5.91 Å². The quantitative estimate of drug-likeness (QED) is 0.778. The molecule has 3 heteroatoms. The number of hydrogen-bond acceptors (Lipinski definition) is 2. The Kier molecular flexibility index (Phi) is 8.38. The van der Waals surface area contributed by atoms with E-state index in [9.17, 15) is 4.79 Å². The molecule has 0 radical (unpaired) electrons. The van der Waals surface area contributed by atoms with E-state index in [1.54, 1.807) is 7.05 Å². The molecule has 0 unspecified atom stereocenters. The summed E-state index contributed by atoms with van der Waals surface area (Å²) >= 11 is 0. The number of hydrogen-bond donors (Lipinski definition) is 1. The van der Waals surface area contributed by atoms with Gasteiger partial charge >= 0.3 is 0 Å². The fourth-order valence-corrected chi connectivity index (χ4v) is 1.67. The second kappa shape index (κ2) is 8.72. The van der Waals surface area contributed by atoms with Crippen LogP contribution in [0, 0.1) is 5.92 Å². The Balaban J connectivity index is 0.000000921. The Morgan fingerprint density at radius 3 is 2.33 bits per heavy atom. The van der Waals surface area contributed by atoms with Crippen molar-refractivity contribution in [3.05, 3.63) is 0 Å². The molecule has 0 aliphatic carbocycles. The number of rotatable bonds is 3. The number of likely N-dealkylation sites (tertiary alicyclic amines) is 1. The molecule has 0 aromatic rings. The minimum absolute atomic E-state index is 0.152. The normalized spacial score (nSPS) is 17.9. The molecular formula is C12H26N2O. The van der Waals surface area contributed by atoms with E-state index in [1.165, 1.54) is 12.8 Å². The van der Waals surface area contributed by atoms with E-state index in [2.05, 4.69) is 17.1 Å². The van der Waals surface area contributed by atoms with Crippen molar-refractivity contribution < 1.29 is 4.79 Å². The summed E-state index contributed by atoms with van der Waals surface area (Å²) in [5.74, 6) is 1.02. The lowest BCUT2D eigenvalue weighted by atomic mass is 9.99. The summed E-state index contributed by atoms with van der Waals surface area (Å²) in [4.78, 5) is 13.4. The molecule has 1 fully saturated rings. The molecular weight excluding hydrogens is 188 g/mol. The summed E-state index contributed by atoms with van der Waals surface area (Å²) in [6, 6.07) is 0. The van der Waals surface area contributed by atoms with Gasteiger partial charge in [-0.3, -0.25) is 4.79 Å². The molecule has 1 N–H and O–H groups in total. The van der Waals surface area contributed by atoms with E-state index in [0.717, 1.165) is 25.6 Å². The van der Waals surface area contributed by atoms with Gasteiger partial charge in [-0.05, 0) is 31.8 Å². The highest BCUT2D eigenvalue weighted by atomic mass is 16.1. The third-order valence-corrected chi connectivity index (χ3v) is 2.81. The van der Waals surface area contributed by atoms with Crippen LogP contribution in [0.4, 0.5) is 0 Å². The van der Waals surface area contributed by atoms with Crippen LogP contribution in [0.25, 0.3) is 0 Å². The maximum Gasteiger partial charge on any atom is 0.221 e. The summed E-state index contributed by atoms with van der Waals surface area (Å²) in [6.45, 7) is 9.55. The molecule has 0 bridgehead atoms. The van der Waals surface area contributed by atoms with E-state index < -0.39 is 0 Å². The van der Waals surface area contributed by atoms with Crippen molar-refractivity contribution in [3.63, 3.8) is 0 Å². The molecule has 1 aliphatic heterocycles. The summed E-state index contributed by atoms with van der Waals surface area (Å²) in [5.41, 5.74) is 0. The lowest BCUT2D eigenvalue weighted by Crippen LogP contribution is -2.35. The van der Waals surface area contributed by atoms with Crippen LogP contribution in [0.2, 0.25) is 0 Å².